The molecule has 0 aromatic heterocycles. The average molecular weight is 250 g/mol. The van der Waals surface area contributed by atoms with Gasteiger partial charge in [-0.05, 0) is 36.8 Å². The fourth-order valence-corrected chi connectivity index (χ4v) is 2.07. The van der Waals surface area contributed by atoms with Crippen LogP contribution in [0.15, 0.2) is 24.3 Å². The molecule has 1 aromatic rings. The summed E-state index contributed by atoms with van der Waals surface area (Å²) in [6.07, 6.45) is 1.01. The van der Waals surface area contributed by atoms with Gasteiger partial charge in [0.15, 0.2) is 6.10 Å². The van der Waals surface area contributed by atoms with E-state index < -0.39 is 12.1 Å². The summed E-state index contributed by atoms with van der Waals surface area (Å²) < 4.78 is 4.79. The van der Waals surface area contributed by atoms with Crippen LogP contribution in [0.1, 0.15) is 56.8 Å². The van der Waals surface area contributed by atoms with Crippen LogP contribution >= 0.6 is 0 Å². The Balaban J connectivity index is 2.79. The molecule has 0 saturated heterocycles. The van der Waals surface area contributed by atoms with E-state index in [-0.39, 0.29) is 6.61 Å². The summed E-state index contributed by atoms with van der Waals surface area (Å²) in [6, 6.07) is 7.56. The second-order valence-electron chi connectivity index (χ2n) is 4.33. The number of benzene rings is 1. The standard InChI is InChI=1S/C15H22O3/c1-4-11(5-2)12-7-9-13(10-8-12)14(16)15(17)18-6-3/h7-11,14,16H,4-6H2,1-3H3. The molecule has 100 valence electrons. The van der Waals surface area contributed by atoms with E-state index in [2.05, 4.69) is 13.8 Å². The van der Waals surface area contributed by atoms with Crippen molar-refractivity contribution in [2.45, 2.75) is 45.6 Å². The van der Waals surface area contributed by atoms with Gasteiger partial charge in [0.1, 0.15) is 0 Å². The van der Waals surface area contributed by atoms with Crippen molar-refractivity contribution in [1.29, 1.82) is 0 Å². The third kappa shape index (κ3) is 3.57. The minimum Gasteiger partial charge on any atom is -0.464 e. The summed E-state index contributed by atoms with van der Waals surface area (Å²) in [7, 11) is 0. The fourth-order valence-electron chi connectivity index (χ4n) is 2.07. The number of ether oxygens (including phenoxy) is 1. The lowest BCUT2D eigenvalue weighted by Crippen LogP contribution is -2.15. The average Bonchev–Trinajstić information content (AvgIpc) is 2.40. The third-order valence-corrected chi connectivity index (χ3v) is 3.22. The predicted octanol–water partition coefficient (Wildman–Crippen LogP) is 3.19. The largest absolute Gasteiger partial charge is 0.464 e. The summed E-state index contributed by atoms with van der Waals surface area (Å²) in [5.74, 6) is -0.0495. The lowest BCUT2D eigenvalue weighted by atomic mass is 9.93. The van der Waals surface area contributed by atoms with E-state index in [4.69, 9.17) is 4.74 Å². The zero-order valence-electron chi connectivity index (χ0n) is 11.3. The Morgan fingerprint density at radius 1 is 1.11 bits per heavy atom. The van der Waals surface area contributed by atoms with Gasteiger partial charge in [0, 0.05) is 0 Å². The number of carbonyl (C=O) groups excluding carboxylic acids is 1. The number of aliphatic hydroxyl groups excluding tert-OH is 1. The van der Waals surface area contributed by atoms with Crippen molar-refractivity contribution in [3.63, 3.8) is 0 Å². The highest BCUT2D eigenvalue weighted by atomic mass is 16.5. The summed E-state index contributed by atoms with van der Waals surface area (Å²) in [5.41, 5.74) is 1.84. The van der Waals surface area contributed by atoms with Gasteiger partial charge in [-0.1, -0.05) is 38.1 Å². The van der Waals surface area contributed by atoms with Crippen molar-refractivity contribution >= 4 is 5.97 Å². The number of aliphatic hydroxyl groups is 1. The van der Waals surface area contributed by atoms with E-state index in [9.17, 15) is 9.90 Å². The van der Waals surface area contributed by atoms with Crippen molar-refractivity contribution in [2.75, 3.05) is 6.61 Å². The zero-order valence-corrected chi connectivity index (χ0v) is 11.3. The SMILES string of the molecule is CCOC(=O)C(O)c1ccc(C(CC)CC)cc1. The minimum atomic E-state index is -1.18. The van der Waals surface area contributed by atoms with Gasteiger partial charge < -0.3 is 9.84 Å². The molecule has 0 amide bonds. The molecule has 0 radical (unpaired) electrons. The van der Waals surface area contributed by atoms with Crippen LogP contribution in [0.4, 0.5) is 0 Å². The van der Waals surface area contributed by atoms with Crippen LogP contribution in [0, 0.1) is 0 Å². The Morgan fingerprint density at radius 2 is 1.61 bits per heavy atom. The van der Waals surface area contributed by atoms with Crippen LogP contribution in [-0.4, -0.2) is 17.7 Å². The maximum atomic E-state index is 11.4. The molecule has 1 aromatic carbocycles. The second-order valence-corrected chi connectivity index (χ2v) is 4.33. The zero-order chi connectivity index (χ0) is 13.5. The Labute approximate surface area is 109 Å². The van der Waals surface area contributed by atoms with E-state index in [0.717, 1.165) is 12.8 Å². The van der Waals surface area contributed by atoms with E-state index in [1.807, 2.05) is 12.1 Å². The van der Waals surface area contributed by atoms with Crippen LogP contribution in [0.2, 0.25) is 0 Å². The molecule has 0 saturated carbocycles. The van der Waals surface area contributed by atoms with Gasteiger partial charge >= 0.3 is 5.97 Å². The van der Waals surface area contributed by atoms with Gasteiger partial charge in [0.2, 0.25) is 0 Å². The molecule has 0 spiro atoms. The van der Waals surface area contributed by atoms with Crippen LogP contribution < -0.4 is 0 Å². The Morgan fingerprint density at radius 3 is 2.06 bits per heavy atom. The minimum absolute atomic E-state index is 0.279. The molecule has 3 nitrogen and oxygen atoms in total. The highest BCUT2D eigenvalue weighted by Crippen LogP contribution is 2.24. The van der Waals surface area contributed by atoms with Crippen molar-refractivity contribution in [3.8, 4) is 0 Å². The first kappa shape index (κ1) is 14.7. The molecule has 0 aliphatic heterocycles. The van der Waals surface area contributed by atoms with Gasteiger partial charge in [-0.2, -0.15) is 0 Å². The van der Waals surface area contributed by atoms with Gasteiger partial charge in [-0.25, -0.2) is 4.79 Å². The Hall–Kier alpha value is -1.35. The number of carbonyl (C=O) groups is 1. The topological polar surface area (TPSA) is 46.5 Å². The summed E-state index contributed by atoms with van der Waals surface area (Å²) in [6.45, 7) is 6.33. The molecule has 0 aliphatic rings. The number of hydrogen-bond donors (Lipinski definition) is 1. The van der Waals surface area contributed by atoms with Crippen LogP contribution in [0.5, 0.6) is 0 Å². The number of hydrogen-bond acceptors (Lipinski definition) is 3. The second kappa shape index (κ2) is 7.17. The molecule has 1 rings (SSSR count). The van der Waals surface area contributed by atoms with E-state index in [1.165, 1.54) is 5.56 Å². The Bertz CT molecular complexity index is 366. The van der Waals surface area contributed by atoms with Crippen molar-refractivity contribution in [2.24, 2.45) is 0 Å². The summed E-state index contributed by atoms with van der Waals surface area (Å²) in [5, 5.41) is 9.79. The molecule has 0 bridgehead atoms. The first-order valence-electron chi connectivity index (χ1n) is 6.58. The third-order valence-electron chi connectivity index (χ3n) is 3.22. The maximum Gasteiger partial charge on any atom is 0.339 e. The van der Waals surface area contributed by atoms with Crippen LogP contribution in [0.25, 0.3) is 0 Å². The molecule has 3 heteroatoms. The molecule has 0 aliphatic carbocycles. The number of rotatable bonds is 6. The monoisotopic (exact) mass is 250 g/mol. The predicted molar refractivity (Wildman–Crippen MR) is 71.4 cm³/mol. The lowest BCUT2D eigenvalue weighted by molar-refractivity contribution is -0.153. The van der Waals surface area contributed by atoms with Gasteiger partial charge in [0.25, 0.3) is 0 Å². The Kier molecular flexibility index (Phi) is 5.86. The molecule has 0 fully saturated rings. The fraction of sp³-hybridized carbons (Fsp3) is 0.533. The van der Waals surface area contributed by atoms with E-state index in [0.29, 0.717) is 11.5 Å². The normalized spacial score (nSPS) is 12.5. The van der Waals surface area contributed by atoms with E-state index >= 15 is 0 Å². The summed E-state index contributed by atoms with van der Waals surface area (Å²) in [4.78, 5) is 11.4. The van der Waals surface area contributed by atoms with Crippen LogP contribution in [-0.2, 0) is 9.53 Å². The van der Waals surface area contributed by atoms with Gasteiger partial charge in [0.05, 0.1) is 6.61 Å². The highest BCUT2D eigenvalue weighted by Gasteiger charge is 2.18. The molecule has 1 atom stereocenters. The van der Waals surface area contributed by atoms with E-state index in [1.54, 1.807) is 19.1 Å². The molecule has 18 heavy (non-hydrogen) atoms. The van der Waals surface area contributed by atoms with Crippen molar-refractivity contribution in [1.82, 2.24) is 0 Å². The smallest absolute Gasteiger partial charge is 0.339 e. The first-order chi connectivity index (χ1) is 8.63. The first-order valence-corrected chi connectivity index (χ1v) is 6.58. The lowest BCUT2D eigenvalue weighted by Gasteiger charge is -2.14. The maximum absolute atomic E-state index is 11.4. The molecular weight excluding hydrogens is 228 g/mol. The summed E-state index contributed by atoms with van der Waals surface area (Å²) >= 11 is 0. The molecule has 1 N–H and O–H groups in total. The van der Waals surface area contributed by atoms with Gasteiger partial charge in [-0.3, -0.25) is 0 Å². The molecule has 0 heterocycles. The number of esters is 1. The van der Waals surface area contributed by atoms with Crippen molar-refractivity contribution < 1.29 is 14.6 Å². The quantitative estimate of drug-likeness (QED) is 0.789. The van der Waals surface area contributed by atoms with Crippen molar-refractivity contribution in [3.05, 3.63) is 35.4 Å². The molecule has 1 unspecified atom stereocenters. The van der Waals surface area contributed by atoms with Gasteiger partial charge in [-0.15, -0.1) is 0 Å². The molecular formula is C15H22O3. The highest BCUT2D eigenvalue weighted by molar-refractivity contribution is 5.76. The van der Waals surface area contributed by atoms with Crippen LogP contribution in [0.3, 0.4) is 0 Å².